The quantitative estimate of drug-likeness (QED) is 0.592. The summed E-state index contributed by atoms with van der Waals surface area (Å²) in [5.74, 6) is 1.20. The summed E-state index contributed by atoms with van der Waals surface area (Å²) < 4.78 is 2.42. The van der Waals surface area contributed by atoms with Gasteiger partial charge < -0.3 is 10.3 Å². The number of benzene rings is 1. The van der Waals surface area contributed by atoms with Gasteiger partial charge in [0.25, 0.3) is 0 Å². The molecule has 128 valence electrons. The van der Waals surface area contributed by atoms with Gasteiger partial charge in [-0.3, -0.25) is 4.98 Å². The van der Waals surface area contributed by atoms with Crippen molar-refractivity contribution in [3.05, 3.63) is 36.3 Å². The number of unbranched alkanes of at least 4 members (excludes halogenated alkanes) is 4. The highest BCUT2D eigenvalue weighted by Crippen LogP contribution is 2.26. The van der Waals surface area contributed by atoms with Gasteiger partial charge >= 0.3 is 0 Å². The van der Waals surface area contributed by atoms with Gasteiger partial charge in [0.15, 0.2) is 0 Å². The second-order valence-corrected chi connectivity index (χ2v) is 6.50. The maximum absolute atomic E-state index is 5.69. The van der Waals surface area contributed by atoms with Crippen molar-refractivity contribution in [2.75, 3.05) is 6.54 Å². The number of nitrogens with two attached hydrogens (primary N) is 1. The van der Waals surface area contributed by atoms with Crippen LogP contribution >= 0.6 is 0 Å². The van der Waals surface area contributed by atoms with Crippen molar-refractivity contribution in [3.63, 3.8) is 0 Å². The van der Waals surface area contributed by atoms with E-state index in [2.05, 4.69) is 34.7 Å². The van der Waals surface area contributed by atoms with Crippen molar-refractivity contribution in [1.82, 2.24) is 14.5 Å². The van der Waals surface area contributed by atoms with E-state index in [-0.39, 0.29) is 0 Å². The molecule has 2 N–H and O–H groups in total. The molecule has 0 saturated heterocycles. The molecule has 2 aromatic heterocycles. The van der Waals surface area contributed by atoms with Crippen LogP contribution in [0.2, 0.25) is 0 Å². The van der Waals surface area contributed by atoms with E-state index in [1.165, 1.54) is 42.4 Å². The van der Waals surface area contributed by atoms with Crippen LogP contribution in [0, 0.1) is 0 Å². The Morgan fingerprint density at radius 2 is 1.88 bits per heavy atom. The Bertz CT molecular complexity index is 791. The molecule has 0 fully saturated rings. The van der Waals surface area contributed by atoms with Crippen molar-refractivity contribution in [3.8, 4) is 0 Å². The molecule has 2 heterocycles. The molecule has 0 unspecified atom stereocenters. The summed E-state index contributed by atoms with van der Waals surface area (Å²) in [6, 6.07) is 8.36. The van der Waals surface area contributed by atoms with Crippen LogP contribution in [0.15, 0.2) is 30.5 Å². The second kappa shape index (κ2) is 8.25. The molecule has 0 bridgehead atoms. The maximum Gasteiger partial charge on any atom is 0.109 e. The molecule has 0 atom stereocenters. The van der Waals surface area contributed by atoms with Gasteiger partial charge in [0.1, 0.15) is 11.3 Å². The maximum atomic E-state index is 5.69. The summed E-state index contributed by atoms with van der Waals surface area (Å²) in [4.78, 5) is 9.48. The summed E-state index contributed by atoms with van der Waals surface area (Å²) in [5, 5.41) is 1.20. The topological polar surface area (TPSA) is 56.7 Å². The minimum Gasteiger partial charge on any atom is -0.330 e. The van der Waals surface area contributed by atoms with Crippen LogP contribution in [0.25, 0.3) is 21.9 Å². The summed E-state index contributed by atoms with van der Waals surface area (Å²) in [6.07, 6.45) is 10.2. The van der Waals surface area contributed by atoms with E-state index in [9.17, 15) is 0 Å². The first-order valence-electron chi connectivity index (χ1n) is 9.28. The van der Waals surface area contributed by atoms with Gasteiger partial charge in [-0.2, -0.15) is 0 Å². The standard InChI is InChI=1S/C20H28N4/c1-2-3-4-5-12-19-23-18-15-22-17-11-7-6-10-16(17)20(18)24(19)14-9-8-13-21/h6-7,10-11,15H,2-5,8-9,12-14,21H2,1H3. The zero-order valence-corrected chi connectivity index (χ0v) is 14.7. The molecule has 0 amide bonds. The number of hydrogen-bond acceptors (Lipinski definition) is 3. The fourth-order valence-electron chi connectivity index (χ4n) is 3.37. The molecule has 24 heavy (non-hydrogen) atoms. The molecule has 0 aliphatic heterocycles. The lowest BCUT2D eigenvalue weighted by Gasteiger charge is -2.10. The highest BCUT2D eigenvalue weighted by Gasteiger charge is 2.13. The third-order valence-electron chi connectivity index (χ3n) is 4.65. The average molecular weight is 324 g/mol. The van der Waals surface area contributed by atoms with E-state index in [4.69, 9.17) is 10.7 Å². The van der Waals surface area contributed by atoms with Crippen LogP contribution in [0.4, 0.5) is 0 Å². The molecule has 1 aromatic carbocycles. The monoisotopic (exact) mass is 324 g/mol. The van der Waals surface area contributed by atoms with Crippen molar-refractivity contribution in [1.29, 1.82) is 0 Å². The molecule has 0 saturated carbocycles. The van der Waals surface area contributed by atoms with Gasteiger partial charge in [-0.05, 0) is 31.9 Å². The number of para-hydroxylation sites is 1. The SMILES string of the molecule is CCCCCCc1nc2cnc3ccccc3c2n1CCCCN. The number of imidazole rings is 1. The molecule has 4 heteroatoms. The number of aryl methyl sites for hydroxylation is 2. The fourth-order valence-corrected chi connectivity index (χ4v) is 3.37. The Hall–Kier alpha value is -1.94. The lowest BCUT2D eigenvalue weighted by atomic mass is 10.1. The molecule has 3 rings (SSSR count). The molecule has 0 spiro atoms. The van der Waals surface area contributed by atoms with Crippen molar-refractivity contribution in [2.24, 2.45) is 5.73 Å². The van der Waals surface area contributed by atoms with Crippen LogP contribution in [0.1, 0.15) is 51.3 Å². The van der Waals surface area contributed by atoms with Crippen LogP contribution in [-0.2, 0) is 13.0 Å². The van der Waals surface area contributed by atoms with E-state index >= 15 is 0 Å². The van der Waals surface area contributed by atoms with E-state index in [0.717, 1.165) is 43.4 Å². The Labute approximate surface area is 144 Å². The van der Waals surface area contributed by atoms with Crippen LogP contribution < -0.4 is 5.73 Å². The molecular formula is C20H28N4. The molecular weight excluding hydrogens is 296 g/mol. The summed E-state index contributed by atoms with van der Waals surface area (Å²) in [5.41, 5.74) is 8.99. The van der Waals surface area contributed by atoms with E-state index in [1.807, 2.05) is 12.3 Å². The first-order chi connectivity index (χ1) is 11.8. The van der Waals surface area contributed by atoms with Gasteiger partial charge in [0, 0.05) is 18.4 Å². The minimum absolute atomic E-state index is 0.751. The lowest BCUT2D eigenvalue weighted by molar-refractivity contribution is 0.582. The highest BCUT2D eigenvalue weighted by atomic mass is 15.1. The average Bonchev–Trinajstić information content (AvgIpc) is 2.97. The van der Waals surface area contributed by atoms with Gasteiger partial charge in [-0.1, -0.05) is 44.4 Å². The molecule has 0 aliphatic rings. The van der Waals surface area contributed by atoms with Gasteiger partial charge in [0.2, 0.25) is 0 Å². The van der Waals surface area contributed by atoms with Crippen molar-refractivity contribution >= 4 is 21.9 Å². The zero-order valence-electron chi connectivity index (χ0n) is 14.7. The Balaban J connectivity index is 1.98. The Morgan fingerprint density at radius 3 is 2.71 bits per heavy atom. The highest BCUT2D eigenvalue weighted by molar-refractivity contribution is 6.02. The lowest BCUT2D eigenvalue weighted by Crippen LogP contribution is -2.07. The van der Waals surface area contributed by atoms with Crippen LogP contribution in [0.3, 0.4) is 0 Å². The van der Waals surface area contributed by atoms with Crippen molar-refractivity contribution in [2.45, 2.75) is 58.4 Å². The van der Waals surface area contributed by atoms with Gasteiger partial charge in [0.05, 0.1) is 17.2 Å². The number of aromatic nitrogens is 3. The third kappa shape index (κ3) is 3.59. The number of hydrogen-bond donors (Lipinski definition) is 1. The summed E-state index contributed by atoms with van der Waals surface area (Å²) in [7, 11) is 0. The zero-order chi connectivity index (χ0) is 16.8. The van der Waals surface area contributed by atoms with Gasteiger partial charge in [-0.25, -0.2) is 4.98 Å². The molecule has 0 radical (unpaired) electrons. The minimum atomic E-state index is 0.751. The largest absolute Gasteiger partial charge is 0.330 e. The predicted octanol–water partition coefficient (Wildman–Crippen LogP) is 4.45. The van der Waals surface area contributed by atoms with Crippen LogP contribution in [-0.4, -0.2) is 21.1 Å². The van der Waals surface area contributed by atoms with Gasteiger partial charge in [-0.15, -0.1) is 0 Å². The summed E-state index contributed by atoms with van der Waals surface area (Å²) in [6.45, 7) is 3.99. The Kier molecular flexibility index (Phi) is 5.81. The number of pyridine rings is 1. The van der Waals surface area contributed by atoms with Crippen LogP contribution in [0.5, 0.6) is 0 Å². The molecule has 4 nitrogen and oxygen atoms in total. The first kappa shape index (κ1) is 16.9. The van der Waals surface area contributed by atoms with E-state index < -0.39 is 0 Å². The molecule has 0 aliphatic carbocycles. The first-order valence-corrected chi connectivity index (χ1v) is 9.28. The number of rotatable bonds is 9. The number of nitrogens with zero attached hydrogens (tertiary/aromatic N) is 3. The van der Waals surface area contributed by atoms with E-state index in [1.54, 1.807) is 0 Å². The summed E-state index contributed by atoms with van der Waals surface area (Å²) >= 11 is 0. The Morgan fingerprint density at radius 1 is 1.00 bits per heavy atom. The normalized spacial score (nSPS) is 11.6. The number of fused-ring (bicyclic) bond motifs is 3. The predicted molar refractivity (Wildman–Crippen MR) is 101 cm³/mol. The fraction of sp³-hybridized carbons (Fsp3) is 0.500. The van der Waals surface area contributed by atoms with E-state index in [0.29, 0.717) is 0 Å². The third-order valence-corrected chi connectivity index (χ3v) is 4.65. The van der Waals surface area contributed by atoms with Crippen molar-refractivity contribution < 1.29 is 0 Å². The smallest absolute Gasteiger partial charge is 0.109 e. The molecule has 3 aromatic rings. The second-order valence-electron chi connectivity index (χ2n) is 6.50.